The van der Waals surface area contributed by atoms with Crippen molar-refractivity contribution < 1.29 is 54.2 Å². The quantitative estimate of drug-likeness (QED) is 0.204. The molecule has 0 aliphatic heterocycles. The van der Waals surface area contributed by atoms with Gasteiger partial charge in [0.15, 0.2) is 11.4 Å². The number of carboxylic acid groups (broad SMARTS) is 1. The lowest BCUT2D eigenvalue weighted by Crippen LogP contribution is -2.71. The zero-order valence-corrected chi connectivity index (χ0v) is 21.2. The molecule has 1 aromatic carbocycles. The van der Waals surface area contributed by atoms with E-state index in [0.717, 1.165) is 0 Å². The van der Waals surface area contributed by atoms with Crippen molar-refractivity contribution in [1.82, 2.24) is 4.90 Å². The van der Waals surface area contributed by atoms with Crippen LogP contribution in [0.1, 0.15) is 36.8 Å². The summed E-state index contributed by atoms with van der Waals surface area (Å²) in [6.45, 7) is 1.62. The number of hydrogen-bond donors (Lipinski definition) is 6. The van der Waals surface area contributed by atoms with Gasteiger partial charge in [0.1, 0.15) is 28.9 Å². The molecule has 0 heterocycles. The Kier molecular flexibility index (Phi) is 6.77. The van der Waals surface area contributed by atoms with Crippen molar-refractivity contribution in [2.45, 2.75) is 43.4 Å². The van der Waals surface area contributed by atoms with Crippen LogP contribution >= 0.6 is 0 Å². The van der Waals surface area contributed by atoms with Crippen LogP contribution in [0.2, 0.25) is 0 Å². The number of aromatic hydroxyl groups is 1. The number of ketones is 2. The molecule has 0 radical (unpaired) electrons. The van der Waals surface area contributed by atoms with Crippen LogP contribution < -0.4 is 5.73 Å². The van der Waals surface area contributed by atoms with Gasteiger partial charge in [-0.05, 0) is 31.6 Å². The number of esters is 1. The van der Waals surface area contributed by atoms with Crippen molar-refractivity contribution in [2.75, 3.05) is 14.1 Å². The number of carbonyl (C=O) groups excluding carboxylic acids is 4. The zero-order valence-electron chi connectivity index (χ0n) is 21.2. The molecule has 6 atom stereocenters. The highest BCUT2D eigenvalue weighted by Gasteiger charge is 2.69. The summed E-state index contributed by atoms with van der Waals surface area (Å²) in [7, 11) is 2.80. The normalized spacial score (nSPS) is 30.0. The highest BCUT2D eigenvalue weighted by molar-refractivity contribution is 6.24. The van der Waals surface area contributed by atoms with Gasteiger partial charge in [0, 0.05) is 11.5 Å². The number of phenolic OH excluding ortho intramolecular Hbond substituents is 1. The average molecular weight is 545 g/mol. The number of phenols is 1. The fraction of sp³-hybridized carbons (Fsp3) is 0.423. The van der Waals surface area contributed by atoms with Gasteiger partial charge in [-0.15, -0.1) is 0 Å². The molecule has 0 aromatic heterocycles. The predicted octanol–water partition coefficient (Wildman–Crippen LogP) is -0.0885. The smallest absolute Gasteiger partial charge is 0.306 e. The maximum Gasteiger partial charge on any atom is 0.306 e. The third-order valence-corrected chi connectivity index (χ3v) is 7.78. The maximum atomic E-state index is 14.0. The lowest BCUT2D eigenvalue weighted by Gasteiger charge is -2.54. The second-order valence-corrected chi connectivity index (χ2v) is 10.1. The SMILES string of the molecule is C[C@@H]1c2cccc(O)c2C(O)=C2C(=O)[C@@]3(O)C(O)=C(C(N)=O)C(=O)[C@H](N(C)C)[C@H]3[C@H](OC(=O)CCC(=O)O)[C@H]21. The molecule has 7 N–H and O–H groups in total. The first-order valence-corrected chi connectivity index (χ1v) is 12.0. The number of carboxylic acids is 1. The van der Waals surface area contributed by atoms with E-state index in [2.05, 4.69) is 0 Å². The third kappa shape index (κ3) is 3.96. The molecule has 4 rings (SSSR count). The number of rotatable bonds is 6. The molecule has 1 aromatic rings. The van der Waals surface area contributed by atoms with Crippen LogP contribution in [0, 0.1) is 11.8 Å². The number of hydrogen-bond acceptors (Lipinski definition) is 11. The molecule has 13 heteroatoms. The van der Waals surface area contributed by atoms with Gasteiger partial charge in [0.05, 0.1) is 30.4 Å². The number of amides is 1. The minimum Gasteiger partial charge on any atom is -0.508 e. The predicted molar refractivity (Wildman–Crippen MR) is 131 cm³/mol. The van der Waals surface area contributed by atoms with E-state index < -0.39 is 100 Å². The number of aliphatic carboxylic acids is 1. The Bertz CT molecular complexity index is 1380. The summed E-state index contributed by atoms with van der Waals surface area (Å²) < 4.78 is 5.68. The Morgan fingerprint density at radius 1 is 1.10 bits per heavy atom. The molecule has 3 aliphatic carbocycles. The van der Waals surface area contributed by atoms with Crippen LogP contribution in [0.15, 0.2) is 35.1 Å². The van der Waals surface area contributed by atoms with Gasteiger partial charge in [-0.1, -0.05) is 19.1 Å². The minimum atomic E-state index is -3.06. The second kappa shape index (κ2) is 9.50. The number of aliphatic hydroxyl groups is 3. The molecular weight excluding hydrogens is 516 g/mol. The van der Waals surface area contributed by atoms with Crippen LogP contribution in [0.5, 0.6) is 5.75 Å². The number of carbonyl (C=O) groups is 5. The molecule has 0 spiro atoms. The van der Waals surface area contributed by atoms with E-state index in [9.17, 15) is 44.4 Å². The van der Waals surface area contributed by atoms with Crippen molar-refractivity contribution in [2.24, 2.45) is 17.6 Å². The monoisotopic (exact) mass is 544 g/mol. The average Bonchev–Trinajstić information content (AvgIpc) is 2.84. The van der Waals surface area contributed by atoms with Gasteiger partial charge in [0.25, 0.3) is 5.91 Å². The Labute approximate surface area is 221 Å². The van der Waals surface area contributed by atoms with Gasteiger partial charge in [-0.2, -0.15) is 0 Å². The topological polar surface area (TPSA) is 225 Å². The fourth-order valence-corrected chi connectivity index (χ4v) is 6.11. The molecule has 13 nitrogen and oxygen atoms in total. The molecule has 0 saturated heterocycles. The zero-order chi connectivity index (χ0) is 29.1. The van der Waals surface area contributed by atoms with Crippen molar-refractivity contribution in [3.8, 4) is 5.75 Å². The molecule has 39 heavy (non-hydrogen) atoms. The number of primary amides is 1. The van der Waals surface area contributed by atoms with Gasteiger partial charge in [0.2, 0.25) is 5.78 Å². The Morgan fingerprint density at radius 2 is 1.74 bits per heavy atom. The van der Waals surface area contributed by atoms with E-state index in [-0.39, 0.29) is 11.3 Å². The van der Waals surface area contributed by atoms with Gasteiger partial charge in [-0.3, -0.25) is 28.9 Å². The highest BCUT2D eigenvalue weighted by Crippen LogP contribution is 2.56. The number of nitrogens with zero attached hydrogens (tertiary/aromatic N) is 1. The number of aliphatic hydroxyl groups excluding tert-OH is 2. The molecule has 0 unspecified atom stereocenters. The lowest BCUT2D eigenvalue weighted by molar-refractivity contribution is -0.185. The summed E-state index contributed by atoms with van der Waals surface area (Å²) in [4.78, 5) is 64.8. The van der Waals surface area contributed by atoms with Crippen LogP contribution in [-0.4, -0.2) is 91.7 Å². The standard InChI is InChI=1S/C26H28N2O11/c1-9-10-5-4-6-11(29)15(10)20(33)16-14(9)22(39-13(32)8-7-12(30)31)18-19(28(2)3)21(34)17(25(27)37)24(36)26(18,38)23(16)35/h4-6,9,14,18-19,22,29,33,36,38H,7-8H2,1-3H3,(H2,27,37)(H,30,31)/t9-,14+,18+,19-,22-,26-/m1/s1. The number of likely N-dealkylation sites (N-methyl/N-ethyl adjacent to an activating group) is 1. The van der Waals surface area contributed by atoms with Crippen molar-refractivity contribution in [3.05, 3.63) is 46.2 Å². The lowest BCUT2D eigenvalue weighted by atomic mass is 9.54. The largest absolute Gasteiger partial charge is 0.508 e. The third-order valence-electron chi connectivity index (χ3n) is 7.78. The van der Waals surface area contributed by atoms with E-state index in [1.165, 1.54) is 31.1 Å². The number of Topliss-reactive ketones (excluding diaryl/α,β-unsaturated/α-hetero) is 2. The minimum absolute atomic E-state index is 0.114. The van der Waals surface area contributed by atoms with E-state index >= 15 is 0 Å². The molecule has 208 valence electrons. The summed E-state index contributed by atoms with van der Waals surface area (Å²) in [5, 5.41) is 53.7. The van der Waals surface area contributed by atoms with Crippen LogP contribution in [0.3, 0.4) is 0 Å². The van der Waals surface area contributed by atoms with E-state index in [4.69, 9.17) is 15.6 Å². The fourth-order valence-electron chi connectivity index (χ4n) is 6.11. The maximum absolute atomic E-state index is 14.0. The second-order valence-electron chi connectivity index (χ2n) is 10.1. The Hall–Kier alpha value is -4.23. The first-order chi connectivity index (χ1) is 18.2. The molecule has 3 aliphatic rings. The van der Waals surface area contributed by atoms with Gasteiger partial charge < -0.3 is 36.0 Å². The van der Waals surface area contributed by atoms with Crippen LogP contribution in [-0.2, 0) is 28.7 Å². The number of ether oxygens (including phenoxy) is 1. The molecule has 1 fully saturated rings. The Morgan fingerprint density at radius 3 is 2.31 bits per heavy atom. The first kappa shape index (κ1) is 27.8. The number of fused-ring (bicyclic) bond motifs is 3. The summed E-state index contributed by atoms with van der Waals surface area (Å²) in [6.07, 6.45) is -2.79. The molecule has 1 saturated carbocycles. The van der Waals surface area contributed by atoms with Crippen molar-refractivity contribution >= 4 is 35.2 Å². The molecule has 1 amide bonds. The summed E-state index contributed by atoms with van der Waals surface area (Å²) >= 11 is 0. The van der Waals surface area contributed by atoms with Crippen LogP contribution in [0.4, 0.5) is 0 Å². The summed E-state index contributed by atoms with van der Waals surface area (Å²) in [5.74, 6) is -12.2. The van der Waals surface area contributed by atoms with E-state index in [1.807, 2.05) is 0 Å². The number of nitrogens with two attached hydrogens (primary N) is 1. The van der Waals surface area contributed by atoms with Crippen molar-refractivity contribution in [1.29, 1.82) is 0 Å². The highest BCUT2D eigenvalue weighted by atomic mass is 16.5. The van der Waals surface area contributed by atoms with Crippen LogP contribution in [0.25, 0.3) is 5.76 Å². The van der Waals surface area contributed by atoms with Gasteiger partial charge >= 0.3 is 11.9 Å². The van der Waals surface area contributed by atoms with Gasteiger partial charge in [-0.25, -0.2) is 0 Å². The van der Waals surface area contributed by atoms with Crippen molar-refractivity contribution in [3.63, 3.8) is 0 Å². The first-order valence-electron chi connectivity index (χ1n) is 12.0. The summed E-state index contributed by atoms with van der Waals surface area (Å²) in [5.41, 5.74) is 0.990. The summed E-state index contributed by atoms with van der Waals surface area (Å²) in [6, 6.07) is 2.81. The van der Waals surface area contributed by atoms with E-state index in [0.29, 0.717) is 5.56 Å². The van der Waals surface area contributed by atoms with E-state index in [1.54, 1.807) is 13.0 Å². The number of benzene rings is 1. The molecular formula is C26H28N2O11. The Balaban J connectivity index is 2.05. The molecule has 0 bridgehead atoms.